The number of pyridine rings is 1. The van der Waals surface area contributed by atoms with Gasteiger partial charge in [0, 0.05) is 45.0 Å². The summed E-state index contributed by atoms with van der Waals surface area (Å²) >= 11 is 0. The normalized spacial score (nSPS) is 11.1. The Kier molecular flexibility index (Phi) is 11.9. The predicted molar refractivity (Wildman–Crippen MR) is 125 cm³/mol. The van der Waals surface area contributed by atoms with Crippen molar-refractivity contribution in [2.75, 3.05) is 39.5 Å². The molecule has 0 aromatic carbocycles. The van der Waals surface area contributed by atoms with Gasteiger partial charge >= 0.3 is 6.18 Å². The number of nitrogens with one attached hydrogen (secondary N) is 4. The Morgan fingerprint density at radius 1 is 1.34 bits per heavy atom. The molecule has 2 aromatic heterocycles. The topological polar surface area (TPSA) is 162 Å². The van der Waals surface area contributed by atoms with Crippen LogP contribution in [0.25, 0.3) is 11.5 Å². The number of carbonyl (C=O) groups excluding carboxylic acids is 2. The molecule has 0 saturated carbocycles. The van der Waals surface area contributed by atoms with Crippen LogP contribution in [0.5, 0.6) is 0 Å². The number of aldehydes is 1. The van der Waals surface area contributed by atoms with Crippen LogP contribution in [0.1, 0.15) is 23.3 Å². The van der Waals surface area contributed by atoms with Crippen LogP contribution in [-0.4, -0.2) is 73.3 Å². The zero-order chi connectivity index (χ0) is 26.4. The highest BCUT2D eigenvalue weighted by Gasteiger charge is 2.27. The molecule has 2 rings (SSSR count). The van der Waals surface area contributed by atoms with Crippen molar-refractivity contribution in [3.8, 4) is 11.5 Å². The summed E-state index contributed by atoms with van der Waals surface area (Å²) in [5, 5.41) is 15.7. The number of likely N-dealkylation sites (N-methyl/N-ethyl adjacent to an activating group) is 1. The van der Waals surface area contributed by atoms with Crippen LogP contribution in [-0.2, 0) is 4.79 Å². The SMILES string of the molecule is CN.CN/C=C(/NC(=O)c1coc(-c2ccnc(NCC(F)(F)F)c2)n1)C(=N)N(C)CCCC=O. The largest absolute Gasteiger partial charge is 0.444 e. The Morgan fingerprint density at radius 2 is 2.06 bits per heavy atom. The van der Waals surface area contributed by atoms with Gasteiger partial charge in [0.1, 0.15) is 30.7 Å². The molecule has 2 heterocycles. The number of hydrogen-bond donors (Lipinski definition) is 5. The maximum atomic E-state index is 12.6. The summed E-state index contributed by atoms with van der Waals surface area (Å²) in [7, 11) is 4.76. The lowest BCUT2D eigenvalue weighted by Crippen LogP contribution is -2.37. The van der Waals surface area contributed by atoms with Crippen molar-refractivity contribution in [3.05, 3.63) is 42.2 Å². The van der Waals surface area contributed by atoms with E-state index in [-0.39, 0.29) is 28.9 Å². The van der Waals surface area contributed by atoms with Gasteiger partial charge in [-0.1, -0.05) is 0 Å². The van der Waals surface area contributed by atoms with Crippen LogP contribution in [0.2, 0.25) is 0 Å². The third-order valence-electron chi connectivity index (χ3n) is 4.20. The molecule has 0 spiro atoms. The van der Waals surface area contributed by atoms with E-state index in [1.165, 1.54) is 31.6 Å². The second-order valence-electron chi connectivity index (χ2n) is 6.82. The predicted octanol–water partition coefficient (Wildman–Crippen LogP) is 1.96. The lowest BCUT2D eigenvalue weighted by molar-refractivity contribution is -0.115. The van der Waals surface area contributed by atoms with Crippen LogP contribution >= 0.6 is 0 Å². The number of halogens is 3. The van der Waals surface area contributed by atoms with Gasteiger partial charge in [0.15, 0.2) is 5.69 Å². The minimum Gasteiger partial charge on any atom is -0.444 e. The van der Waals surface area contributed by atoms with E-state index in [9.17, 15) is 22.8 Å². The van der Waals surface area contributed by atoms with Gasteiger partial charge in [-0.2, -0.15) is 13.2 Å². The van der Waals surface area contributed by atoms with Crippen LogP contribution in [0, 0.1) is 5.41 Å². The van der Waals surface area contributed by atoms with Crippen molar-refractivity contribution in [2.45, 2.75) is 19.0 Å². The third-order valence-corrected chi connectivity index (χ3v) is 4.20. The second-order valence-corrected chi connectivity index (χ2v) is 6.82. The standard InChI is InChI=1S/C20H24F3N7O3.CH5N/c1-25-10-14(17(24)30(2)7-3-4-8-31)28-18(32)15-11-33-19(29-15)13-5-6-26-16(9-13)27-12-20(21,22)23;1-2/h5-6,8-11,24-25H,3-4,7,12H2,1-2H3,(H,26,27)(H,28,32);2H2,1H3/b14-10+,24-17?;. The van der Waals surface area contributed by atoms with Gasteiger partial charge in [0.05, 0.1) is 5.70 Å². The summed E-state index contributed by atoms with van der Waals surface area (Å²) in [6, 6.07) is 2.79. The summed E-state index contributed by atoms with van der Waals surface area (Å²) in [5.74, 6) is -0.652. The van der Waals surface area contributed by atoms with Gasteiger partial charge in [-0.15, -0.1) is 0 Å². The van der Waals surface area contributed by atoms with Crippen molar-refractivity contribution in [1.29, 1.82) is 5.41 Å². The van der Waals surface area contributed by atoms with E-state index in [0.29, 0.717) is 24.9 Å². The third kappa shape index (κ3) is 9.83. The molecule has 35 heavy (non-hydrogen) atoms. The van der Waals surface area contributed by atoms with E-state index in [4.69, 9.17) is 9.83 Å². The van der Waals surface area contributed by atoms with Crippen molar-refractivity contribution in [1.82, 2.24) is 25.5 Å². The van der Waals surface area contributed by atoms with Gasteiger partial charge in [-0.3, -0.25) is 10.2 Å². The molecule has 0 aliphatic rings. The average molecular weight is 499 g/mol. The number of amides is 1. The smallest absolute Gasteiger partial charge is 0.405 e. The van der Waals surface area contributed by atoms with Gasteiger partial charge in [0.25, 0.3) is 5.91 Å². The van der Waals surface area contributed by atoms with E-state index in [1.54, 1.807) is 19.0 Å². The molecule has 0 fully saturated rings. The molecule has 6 N–H and O–H groups in total. The van der Waals surface area contributed by atoms with Gasteiger partial charge in [0.2, 0.25) is 5.89 Å². The zero-order valence-electron chi connectivity index (χ0n) is 19.6. The van der Waals surface area contributed by atoms with E-state index in [1.807, 2.05) is 0 Å². The Balaban J connectivity index is 0.00000298. The highest BCUT2D eigenvalue weighted by Crippen LogP contribution is 2.22. The average Bonchev–Trinajstić information content (AvgIpc) is 3.34. The molecular weight excluding hydrogens is 469 g/mol. The van der Waals surface area contributed by atoms with E-state index in [0.717, 1.165) is 12.5 Å². The number of nitrogens with two attached hydrogens (primary N) is 1. The highest BCUT2D eigenvalue weighted by molar-refractivity contribution is 6.03. The first-order valence-electron chi connectivity index (χ1n) is 10.4. The molecule has 14 heteroatoms. The number of nitrogens with zero attached hydrogens (tertiary/aromatic N) is 3. The molecule has 1 amide bonds. The number of carbonyl (C=O) groups is 2. The summed E-state index contributed by atoms with van der Waals surface area (Å²) < 4.78 is 42.5. The zero-order valence-corrected chi connectivity index (χ0v) is 19.6. The van der Waals surface area contributed by atoms with Crippen molar-refractivity contribution < 1.29 is 27.2 Å². The molecule has 0 radical (unpaired) electrons. The Morgan fingerprint density at radius 3 is 2.69 bits per heavy atom. The number of unbranched alkanes of at least 4 members (excludes halogenated alkanes) is 1. The van der Waals surface area contributed by atoms with Crippen LogP contribution < -0.4 is 21.7 Å². The quantitative estimate of drug-likeness (QED) is 0.135. The lowest BCUT2D eigenvalue weighted by atomic mass is 10.2. The van der Waals surface area contributed by atoms with Crippen LogP contribution in [0.15, 0.2) is 40.9 Å². The minimum atomic E-state index is -4.40. The number of rotatable bonds is 11. The summed E-state index contributed by atoms with van der Waals surface area (Å²) in [6.45, 7) is -0.811. The first-order valence-corrected chi connectivity index (χ1v) is 10.4. The monoisotopic (exact) mass is 498 g/mol. The number of amidine groups is 1. The second kappa shape index (κ2) is 14.3. The fourth-order valence-electron chi connectivity index (χ4n) is 2.59. The van der Waals surface area contributed by atoms with Crippen molar-refractivity contribution in [3.63, 3.8) is 0 Å². The Labute approximate surface area is 200 Å². The Bertz CT molecular complexity index is 1010. The van der Waals surface area contributed by atoms with Crippen molar-refractivity contribution in [2.24, 2.45) is 5.73 Å². The molecule has 2 aromatic rings. The Hall–Kier alpha value is -3.94. The van der Waals surface area contributed by atoms with E-state index >= 15 is 0 Å². The number of aromatic nitrogens is 2. The summed E-state index contributed by atoms with van der Waals surface area (Å²) in [5.41, 5.74) is 4.90. The summed E-state index contributed by atoms with van der Waals surface area (Å²) in [4.78, 5) is 32.6. The number of anilines is 1. The van der Waals surface area contributed by atoms with Crippen LogP contribution in [0.4, 0.5) is 19.0 Å². The molecule has 0 atom stereocenters. The molecule has 0 bridgehead atoms. The highest BCUT2D eigenvalue weighted by atomic mass is 19.4. The molecule has 0 aliphatic heterocycles. The lowest BCUT2D eigenvalue weighted by Gasteiger charge is -2.21. The number of hydrogen-bond acceptors (Lipinski definition) is 9. The number of alkyl halides is 3. The maximum absolute atomic E-state index is 12.6. The summed E-state index contributed by atoms with van der Waals surface area (Å²) in [6.07, 6.45) is 1.13. The molecular formula is C21H29F3N8O3. The van der Waals surface area contributed by atoms with E-state index < -0.39 is 18.6 Å². The van der Waals surface area contributed by atoms with E-state index in [2.05, 4.69) is 31.7 Å². The van der Waals surface area contributed by atoms with Gasteiger partial charge in [-0.05, 0) is 25.6 Å². The first-order chi connectivity index (χ1) is 16.6. The van der Waals surface area contributed by atoms with Crippen LogP contribution in [0.3, 0.4) is 0 Å². The molecule has 11 nitrogen and oxygen atoms in total. The molecule has 192 valence electrons. The van der Waals surface area contributed by atoms with Gasteiger partial charge in [-0.25, -0.2) is 9.97 Å². The fraction of sp³-hybridized carbons (Fsp3) is 0.381. The molecule has 0 unspecified atom stereocenters. The first kappa shape index (κ1) is 29.1. The maximum Gasteiger partial charge on any atom is 0.405 e. The number of oxazole rings is 1. The fourth-order valence-corrected chi connectivity index (χ4v) is 2.59. The molecule has 0 saturated heterocycles. The minimum absolute atomic E-state index is 0.0119. The van der Waals surface area contributed by atoms with Crippen molar-refractivity contribution >= 4 is 23.8 Å². The molecule has 0 aliphatic carbocycles. The van der Waals surface area contributed by atoms with Gasteiger partial charge < -0.3 is 35.8 Å².